The number of carbonyl (C=O) groups is 1. The average molecular weight is 396 g/mol. The fourth-order valence-electron chi connectivity index (χ4n) is 5.22. The quantitative estimate of drug-likeness (QED) is 0.784. The van der Waals surface area contributed by atoms with Crippen LogP contribution in [-0.2, 0) is 11.3 Å². The van der Waals surface area contributed by atoms with Gasteiger partial charge in [0.2, 0.25) is 5.91 Å². The van der Waals surface area contributed by atoms with E-state index in [1.807, 2.05) is 17.3 Å². The lowest BCUT2D eigenvalue weighted by atomic mass is 9.91. The van der Waals surface area contributed by atoms with E-state index in [2.05, 4.69) is 33.0 Å². The van der Waals surface area contributed by atoms with Crippen LogP contribution in [0.3, 0.4) is 0 Å². The highest BCUT2D eigenvalue weighted by Gasteiger charge is 2.34. The summed E-state index contributed by atoms with van der Waals surface area (Å²) in [6.45, 7) is 6.85. The van der Waals surface area contributed by atoms with Gasteiger partial charge in [0.25, 0.3) is 0 Å². The molecular weight excluding hydrogens is 362 g/mol. The van der Waals surface area contributed by atoms with Crippen molar-refractivity contribution in [2.75, 3.05) is 39.3 Å². The highest BCUT2D eigenvalue weighted by Crippen LogP contribution is 2.27. The minimum Gasteiger partial charge on any atom is -0.342 e. The first kappa shape index (κ1) is 20.3. The number of pyridine rings is 1. The van der Waals surface area contributed by atoms with Crippen molar-refractivity contribution in [1.29, 1.82) is 5.26 Å². The van der Waals surface area contributed by atoms with Crippen molar-refractivity contribution in [1.82, 2.24) is 19.7 Å². The van der Waals surface area contributed by atoms with Gasteiger partial charge in [-0.3, -0.25) is 19.6 Å². The summed E-state index contributed by atoms with van der Waals surface area (Å²) in [5.41, 5.74) is 1.34. The lowest BCUT2D eigenvalue weighted by molar-refractivity contribution is -0.139. The molecule has 4 heterocycles. The molecule has 0 aliphatic carbocycles. The van der Waals surface area contributed by atoms with Crippen LogP contribution in [0, 0.1) is 23.2 Å². The van der Waals surface area contributed by atoms with E-state index in [1.54, 1.807) is 0 Å². The van der Waals surface area contributed by atoms with E-state index >= 15 is 0 Å². The summed E-state index contributed by atoms with van der Waals surface area (Å²) in [5, 5.41) is 9.08. The Labute approximate surface area is 174 Å². The Morgan fingerprint density at radius 1 is 1.03 bits per heavy atom. The molecule has 3 aliphatic heterocycles. The summed E-state index contributed by atoms with van der Waals surface area (Å²) in [7, 11) is 0. The molecule has 6 nitrogen and oxygen atoms in total. The predicted molar refractivity (Wildman–Crippen MR) is 112 cm³/mol. The standard InChI is InChI=1S/C23H33N5O/c24-16-19-5-14-27(15-6-19)23(29)21-2-1-11-28(18-21)22-7-12-26(13-8-22)17-20-3-9-25-10-4-20/h3-4,9-10,19,21-22H,1-2,5-8,11-15,17-18H2. The third kappa shape index (κ3) is 5.15. The molecule has 0 saturated carbocycles. The number of nitrogens with zero attached hydrogens (tertiary/aromatic N) is 5. The number of hydrogen-bond acceptors (Lipinski definition) is 5. The second kappa shape index (κ2) is 9.69. The summed E-state index contributed by atoms with van der Waals surface area (Å²) in [6.07, 6.45) is 9.96. The molecule has 3 saturated heterocycles. The Kier molecular flexibility index (Phi) is 6.78. The summed E-state index contributed by atoms with van der Waals surface area (Å²) < 4.78 is 0. The molecule has 3 fully saturated rings. The van der Waals surface area contributed by atoms with Crippen LogP contribution in [0.5, 0.6) is 0 Å². The Balaban J connectivity index is 1.25. The number of piperidine rings is 3. The van der Waals surface area contributed by atoms with Crippen molar-refractivity contribution < 1.29 is 4.79 Å². The molecule has 1 atom stereocenters. The molecule has 4 rings (SSSR count). The van der Waals surface area contributed by atoms with Gasteiger partial charge in [-0.15, -0.1) is 0 Å². The highest BCUT2D eigenvalue weighted by atomic mass is 16.2. The Hall–Kier alpha value is -1.97. The monoisotopic (exact) mass is 395 g/mol. The molecule has 29 heavy (non-hydrogen) atoms. The molecule has 1 aromatic rings. The summed E-state index contributed by atoms with van der Waals surface area (Å²) in [5.74, 6) is 0.623. The van der Waals surface area contributed by atoms with Gasteiger partial charge in [0.15, 0.2) is 0 Å². The van der Waals surface area contributed by atoms with Gasteiger partial charge in [-0.25, -0.2) is 0 Å². The lowest BCUT2D eigenvalue weighted by Crippen LogP contribution is -2.52. The summed E-state index contributed by atoms with van der Waals surface area (Å²) in [4.78, 5) is 24.3. The van der Waals surface area contributed by atoms with Gasteiger partial charge in [0, 0.05) is 50.5 Å². The fourth-order valence-corrected chi connectivity index (χ4v) is 5.22. The maximum Gasteiger partial charge on any atom is 0.226 e. The number of aromatic nitrogens is 1. The van der Waals surface area contributed by atoms with Crippen molar-refractivity contribution in [2.45, 2.75) is 51.1 Å². The first-order valence-corrected chi connectivity index (χ1v) is 11.3. The van der Waals surface area contributed by atoms with Crippen molar-refractivity contribution >= 4 is 5.91 Å². The van der Waals surface area contributed by atoms with E-state index in [4.69, 9.17) is 5.26 Å². The molecular formula is C23H33N5O. The first-order chi connectivity index (χ1) is 14.2. The molecule has 1 unspecified atom stereocenters. The molecule has 0 radical (unpaired) electrons. The van der Waals surface area contributed by atoms with Gasteiger partial charge in [-0.05, 0) is 75.9 Å². The van der Waals surface area contributed by atoms with Crippen LogP contribution < -0.4 is 0 Å². The van der Waals surface area contributed by atoms with Crippen LogP contribution in [0.25, 0.3) is 0 Å². The first-order valence-electron chi connectivity index (χ1n) is 11.3. The van der Waals surface area contributed by atoms with Crippen molar-refractivity contribution in [3.05, 3.63) is 30.1 Å². The third-order valence-corrected chi connectivity index (χ3v) is 7.02. The van der Waals surface area contributed by atoms with Crippen LogP contribution in [0.4, 0.5) is 0 Å². The van der Waals surface area contributed by atoms with E-state index in [0.29, 0.717) is 11.9 Å². The van der Waals surface area contributed by atoms with Gasteiger partial charge in [-0.2, -0.15) is 5.26 Å². The molecule has 1 amide bonds. The third-order valence-electron chi connectivity index (χ3n) is 7.02. The molecule has 0 N–H and O–H groups in total. The Bertz CT molecular complexity index is 702. The zero-order valence-corrected chi connectivity index (χ0v) is 17.4. The molecule has 0 bridgehead atoms. The fraction of sp³-hybridized carbons (Fsp3) is 0.696. The zero-order chi connectivity index (χ0) is 20.1. The van der Waals surface area contributed by atoms with E-state index in [-0.39, 0.29) is 11.8 Å². The molecule has 156 valence electrons. The highest BCUT2D eigenvalue weighted by molar-refractivity contribution is 5.79. The van der Waals surface area contributed by atoms with Gasteiger partial charge >= 0.3 is 0 Å². The minimum atomic E-state index is 0.138. The van der Waals surface area contributed by atoms with Crippen molar-refractivity contribution in [2.24, 2.45) is 11.8 Å². The van der Waals surface area contributed by atoms with Crippen LogP contribution in [0.2, 0.25) is 0 Å². The zero-order valence-electron chi connectivity index (χ0n) is 17.4. The molecule has 6 heteroatoms. The van der Waals surface area contributed by atoms with E-state index in [9.17, 15) is 4.79 Å². The maximum absolute atomic E-state index is 13.0. The smallest absolute Gasteiger partial charge is 0.226 e. The lowest BCUT2D eigenvalue weighted by Gasteiger charge is -2.43. The van der Waals surface area contributed by atoms with E-state index in [1.165, 1.54) is 18.4 Å². The number of likely N-dealkylation sites (tertiary alicyclic amines) is 3. The van der Waals surface area contributed by atoms with Gasteiger partial charge in [0.05, 0.1) is 12.0 Å². The minimum absolute atomic E-state index is 0.138. The number of hydrogen-bond donors (Lipinski definition) is 0. The van der Waals surface area contributed by atoms with Crippen LogP contribution >= 0.6 is 0 Å². The Morgan fingerprint density at radius 3 is 2.45 bits per heavy atom. The molecule has 1 aromatic heterocycles. The van der Waals surface area contributed by atoms with Gasteiger partial charge in [-0.1, -0.05) is 0 Å². The normalized spacial score (nSPS) is 25.6. The topological polar surface area (TPSA) is 63.5 Å². The predicted octanol–water partition coefficient (Wildman–Crippen LogP) is 2.52. The number of amides is 1. The SMILES string of the molecule is N#CC1CCN(C(=O)C2CCCN(C3CCN(Cc4ccncc4)CC3)C2)CC1. The largest absolute Gasteiger partial charge is 0.342 e. The summed E-state index contributed by atoms with van der Waals surface area (Å²) in [6, 6.07) is 7.18. The van der Waals surface area contributed by atoms with Crippen LogP contribution in [0.1, 0.15) is 44.1 Å². The van der Waals surface area contributed by atoms with Crippen molar-refractivity contribution in [3.8, 4) is 6.07 Å². The maximum atomic E-state index is 13.0. The van der Waals surface area contributed by atoms with Crippen LogP contribution in [0.15, 0.2) is 24.5 Å². The number of carbonyl (C=O) groups excluding carboxylic acids is 1. The molecule has 0 aromatic carbocycles. The van der Waals surface area contributed by atoms with Crippen molar-refractivity contribution in [3.63, 3.8) is 0 Å². The molecule has 3 aliphatic rings. The Morgan fingerprint density at radius 2 is 1.76 bits per heavy atom. The van der Waals surface area contributed by atoms with Crippen LogP contribution in [-0.4, -0.2) is 70.9 Å². The van der Waals surface area contributed by atoms with Gasteiger partial charge < -0.3 is 4.90 Å². The summed E-state index contributed by atoms with van der Waals surface area (Å²) >= 11 is 0. The second-order valence-electron chi connectivity index (χ2n) is 8.93. The average Bonchev–Trinajstić information content (AvgIpc) is 2.80. The van der Waals surface area contributed by atoms with Gasteiger partial charge in [0.1, 0.15) is 0 Å². The number of nitriles is 1. The second-order valence-corrected chi connectivity index (χ2v) is 8.93. The van der Waals surface area contributed by atoms with E-state index < -0.39 is 0 Å². The molecule has 0 spiro atoms. The van der Waals surface area contributed by atoms with E-state index in [0.717, 1.165) is 71.5 Å². The number of rotatable bonds is 4.